The third kappa shape index (κ3) is 4.44. The molecule has 1 aromatic heterocycles. The summed E-state index contributed by atoms with van der Waals surface area (Å²) in [6.45, 7) is 8.22. The van der Waals surface area contributed by atoms with Crippen LogP contribution in [0.3, 0.4) is 0 Å². The van der Waals surface area contributed by atoms with Crippen LogP contribution in [0, 0.1) is 0 Å². The summed E-state index contributed by atoms with van der Waals surface area (Å²) in [7, 11) is -2.22. The molecule has 6 nitrogen and oxygen atoms in total. The van der Waals surface area contributed by atoms with Crippen LogP contribution in [0.15, 0.2) is 9.59 Å². The number of esters is 1. The molecule has 1 aromatic rings. The molecule has 0 radical (unpaired) electrons. The zero-order valence-electron chi connectivity index (χ0n) is 18.5. The average Bonchev–Trinajstić information content (AvgIpc) is 2.68. The Kier molecular flexibility index (Phi) is 6.86. The van der Waals surface area contributed by atoms with Crippen LogP contribution in [-0.4, -0.2) is 29.8 Å². The second-order valence-electron chi connectivity index (χ2n) is 9.61. The number of ether oxygens (including phenoxy) is 1. The lowest BCUT2D eigenvalue weighted by Crippen LogP contribution is -2.61. The van der Waals surface area contributed by atoms with Gasteiger partial charge in [0.25, 0.3) is 5.56 Å². The fourth-order valence-corrected chi connectivity index (χ4v) is 6.75. The van der Waals surface area contributed by atoms with E-state index >= 15 is 0 Å². The van der Waals surface area contributed by atoms with Crippen molar-refractivity contribution in [2.45, 2.75) is 103 Å². The van der Waals surface area contributed by atoms with E-state index in [-0.39, 0.29) is 35.6 Å². The van der Waals surface area contributed by atoms with Crippen LogP contribution < -0.4 is 16.4 Å². The van der Waals surface area contributed by atoms with Crippen molar-refractivity contribution in [3.05, 3.63) is 26.5 Å². The zero-order chi connectivity index (χ0) is 21.2. The highest BCUT2D eigenvalue weighted by Gasteiger charge is 2.36. The van der Waals surface area contributed by atoms with Gasteiger partial charge in [-0.3, -0.25) is 13.9 Å². The van der Waals surface area contributed by atoms with Crippen LogP contribution in [0.4, 0.5) is 0 Å². The largest absolute Gasteiger partial charge is 0.461 e. The van der Waals surface area contributed by atoms with Crippen LogP contribution in [0.25, 0.3) is 0 Å². The van der Waals surface area contributed by atoms with Crippen LogP contribution in [0.1, 0.15) is 93.7 Å². The van der Waals surface area contributed by atoms with Crippen LogP contribution >= 0.6 is 0 Å². The third-order valence-corrected chi connectivity index (χ3v) is 8.37. The number of nitrogens with zero attached hydrogens (tertiary/aromatic N) is 2. The van der Waals surface area contributed by atoms with Crippen molar-refractivity contribution in [1.29, 1.82) is 0 Å². The normalized spacial score (nSPS) is 19.3. The maximum Gasteiger partial charge on any atom is 0.355 e. The lowest BCUT2D eigenvalue weighted by molar-refractivity contribution is 0.0507. The number of hydrogen-bond donors (Lipinski definition) is 0. The number of aromatic nitrogens is 2. The van der Waals surface area contributed by atoms with E-state index in [2.05, 4.69) is 19.6 Å². The predicted octanol–water partition coefficient (Wildman–Crippen LogP) is 3.74. The highest BCUT2D eigenvalue weighted by molar-refractivity contribution is 6.89. The van der Waals surface area contributed by atoms with Gasteiger partial charge >= 0.3 is 11.7 Å². The molecule has 0 unspecified atom stereocenters. The van der Waals surface area contributed by atoms with Crippen molar-refractivity contribution in [2.75, 3.05) is 6.61 Å². The molecule has 162 valence electrons. The molecule has 0 aliphatic heterocycles. The summed E-state index contributed by atoms with van der Waals surface area (Å²) in [6, 6.07) is -0.0777. The zero-order valence-corrected chi connectivity index (χ0v) is 19.5. The van der Waals surface area contributed by atoms with Gasteiger partial charge in [0.05, 0.1) is 14.7 Å². The third-order valence-electron chi connectivity index (χ3n) is 6.42. The molecule has 0 spiro atoms. The molecule has 0 amide bonds. The van der Waals surface area contributed by atoms with Gasteiger partial charge in [-0.25, -0.2) is 9.59 Å². The van der Waals surface area contributed by atoms with Crippen molar-refractivity contribution in [3.8, 4) is 0 Å². The molecule has 29 heavy (non-hydrogen) atoms. The first-order valence-electron chi connectivity index (χ1n) is 11.4. The Balaban J connectivity index is 2.34. The van der Waals surface area contributed by atoms with Gasteiger partial charge in [-0.05, 0) is 32.6 Å². The van der Waals surface area contributed by atoms with Gasteiger partial charge in [-0.1, -0.05) is 58.2 Å². The minimum absolute atomic E-state index is 0.0267. The predicted molar refractivity (Wildman–Crippen MR) is 118 cm³/mol. The molecule has 0 saturated heterocycles. The van der Waals surface area contributed by atoms with Gasteiger partial charge in [0, 0.05) is 17.3 Å². The Morgan fingerprint density at radius 1 is 0.897 bits per heavy atom. The maximum atomic E-state index is 13.7. The van der Waals surface area contributed by atoms with E-state index in [4.69, 9.17) is 4.74 Å². The van der Waals surface area contributed by atoms with E-state index in [1.807, 2.05) is 0 Å². The first kappa shape index (κ1) is 22.1. The number of hydrogen-bond acceptors (Lipinski definition) is 4. The van der Waals surface area contributed by atoms with E-state index < -0.39 is 14.0 Å². The number of carbonyl (C=O) groups excluding carboxylic acids is 1. The smallest absolute Gasteiger partial charge is 0.355 e. The number of rotatable bonds is 5. The second kappa shape index (κ2) is 9.02. The molecule has 2 aliphatic carbocycles. The maximum absolute atomic E-state index is 13.7. The summed E-state index contributed by atoms with van der Waals surface area (Å²) < 4.78 is 8.57. The van der Waals surface area contributed by atoms with Crippen LogP contribution in [0.5, 0.6) is 0 Å². The molecule has 0 N–H and O–H groups in total. The van der Waals surface area contributed by atoms with Gasteiger partial charge < -0.3 is 4.74 Å². The van der Waals surface area contributed by atoms with Crippen LogP contribution in [0.2, 0.25) is 19.6 Å². The molecule has 2 aliphatic rings. The topological polar surface area (TPSA) is 70.3 Å². The van der Waals surface area contributed by atoms with E-state index in [9.17, 15) is 14.4 Å². The SMILES string of the molecule is CCOC(=O)c1c([Si](C)(C)C)c(=O)n(C2CCCCC2)c(=O)n1C1CCCCC1. The summed E-state index contributed by atoms with van der Waals surface area (Å²) in [5.41, 5.74) is -0.282. The van der Waals surface area contributed by atoms with Crippen molar-refractivity contribution in [3.63, 3.8) is 0 Å². The summed E-state index contributed by atoms with van der Waals surface area (Å²) in [5, 5.41) is 0.562. The molecule has 7 heteroatoms. The number of carbonyl (C=O) groups is 1. The van der Waals surface area contributed by atoms with E-state index in [0.717, 1.165) is 64.2 Å². The standard InChI is InChI=1S/C22H36N2O4Si/c1-5-28-21(26)18-19(29(2,3)4)20(25)24(17-14-10-7-11-15-17)22(27)23(18)16-12-8-6-9-13-16/h16-17H,5-15H2,1-4H3. The highest BCUT2D eigenvalue weighted by atomic mass is 28.3. The van der Waals surface area contributed by atoms with Gasteiger partial charge in [-0.15, -0.1) is 0 Å². The fourth-order valence-electron chi connectivity index (χ4n) is 5.06. The van der Waals surface area contributed by atoms with Crippen molar-refractivity contribution >= 4 is 19.2 Å². The van der Waals surface area contributed by atoms with Gasteiger partial charge in [0.2, 0.25) is 0 Å². The van der Waals surface area contributed by atoms with Crippen molar-refractivity contribution in [1.82, 2.24) is 9.13 Å². The average molecular weight is 421 g/mol. The fraction of sp³-hybridized carbons (Fsp3) is 0.773. The Hall–Kier alpha value is -1.63. The second-order valence-corrected chi connectivity index (χ2v) is 14.6. The van der Waals surface area contributed by atoms with E-state index in [1.54, 1.807) is 11.5 Å². The molecule has 3 rings (SSSR count). The molecule has 2 fully saturated rings. The van der Waals surface area contributed by atoms with Crippen molar-refractivity contribution < 1.29 is 9.53 Å². The Labute approximate surface area is 174 Å². The van der Waals surface area contributed by atoms with E-state index in [0.29, 0.717) is 5.19 Å². The van der Waals surface area contributed by atoms with Gasteiger partial charge in [0.15, 0.2) is 0 Å². The van der Waals surface area contributed by atoms with Crippen LogP contribution in [-0.2, 0) is 4.74 Å². The Morgan fingerprint density at radius 3 is 1.83 bits per heavy atom. The van der Waals surface area contributed by atoms with E-state index in [1.165, 1.54) is 4.57 Å². The molecule has 1 heterocycles. The van der Waals surface area contributed by atoms with Gasteiger partial charge in [0.1, 0.15) is 5.69 Å². The summed E-state index contributed by atoms with van der Waals surface area (Å²) in [5.74, 6) is -0.513. The molecule has 0 atom stereocenters. The van der Waals surface area contributed by atoms with Crippen molar-refractivity contribution in [2.24, 2.45) is 0 Å². The molecule has 2 saturated carbocycles. The Morgan fingerprint density at radius 2 is 1.38 bits per heavy atom. The minimum atomic E-state index is -2.22. The minimum Gasteiger partial charge on any atom is -0.461 e. The lowest BCUT2D eigenvalue weighted by Gasteiger charge is -2.32. The summed E-state index contributed by atoms with van der Waals surface area (Å²) in [4.78, 5) is 40.5. The summed E-state index contributed by atoms with van der Waals surface area (Å²) in [6.07, 6.45) is 9.97. The molecular formula is C22H36N2O4Si. The highest BCUT2D eigenvalue weighted by Crippen LogP contribution is 2.29. The quantitative estimate of drug-likeness (QED) is 0.537. The van der Waals surface area contributed by atoms with Gasteiger partial charge in [-0.2, -0.15) is 0 Å². The first-order chi connectivity index (χ1) is 13.8. The first-order valence-corrected chi connectivity index (χ1v) is 14.9. The lowest BCUT2D eigenvalue weighted by atomic mass is 9.94. The molecule has 0 aromatic carbocycles. The molecule has 0 bridgehead atoms. The molecular weight excluding hydrogens is 384 g/mol. The monoisotopic (exact) mass is 420 g/mol. The summed E-state index contributed by atoms with van der Waals surface area (Å²) >= 11 is 0. The Bertz CT molecular complexity index is 853.